The van der Waals surface area contributed by atoms with Crippen LogP contribution in [0.1, 0.15) is 44.7 Å². The predicted octanol–water partition coefficient (Wildman–Crippen LogP) is 2.95. The average molecular weight is 232 g/mol. The SMILES string of the molecule is CCC(C(N)c1ccccc1)N(CC)C1CC1. The molecule has 1 aliphatic rings. The van der Waals surface area contributed by atoms with E-state index in [4.69, 9.17) is 5.73 Å². The molecule has 1 aliphatic carbocycles. The molecule has 2 atom stereocenters. The van der Waals surface area contributed by atoms with Crippen LogP contribution in [0.4, 0.5) is 0 Å². The number of benzene rings is 1. The largest absolute Gasteiger partial charge is 0.323 e. The summed E-state index contributed by atoms with van der Waals surface area (Å²) in [5, 5.41) is 0. The van der Waals surface area contributed by atoms with Gasteiger partial charge in [0, 0.05) is 18.1 Å². The molecule has 0 spiro atoms. The Labute approximate surface area is 105 Å². The third kappa shape index (κ3) is 2.88. The highest BCUT2D eigenvalue weighted by Crippen LogP contribution is 2.32. The lowest BCUT2D eigenvalue weighted by Gasteiger charge is -2.34. The van der Waals surface area contributed by atoms with Gasteiger partial charge in [0.2, 0.25) is 0 Å². The van der Waals surface area contributed by atoms with Crippen molar-refractivity contribution >= 4 is 0 Å². The van der Waals surface area contributed by atoms with Crippen molar-refractivity contribution in [1.82, 2.24) is 4.90 Å². The second-order valence-electron chi connectivity index (χ2n) is 4.97. The first-order valence-corrected chi connectivity index (χ1v) is 6.84. The summed E-state index contributed by atoms with van der Waals surface area (Å²) < 4.78 is 0. The number of nitrogens with two attached hydrogens (primary N) is 1. The Balaban J connectivity index is 2.11. The summed E-state index contributed by atoms with van der Waals surface area (Å²) in [4.78, 5) is 2.59. The van der Waals surface area contributed by atoms with Crippen LogP contribution in [0.25, 0.3) is 0 Å². The molecule has 0 aliphatic heterocycles. The molecule has 1 saturated carbocycles. The van der Waals surface area contributed by atoms with Crippen LogP contribution in [0.2, 0.25) is 0 Å². The molecule has 2 N–H and O–H groups in total. The summed E-state index contributed by atoms with van der Waals surface area (Å²) in [6, 6.07) is 11.9. The third-order valence-corrected chi connectivity index (χ3v) is 3.82. The van der Waals surface area contributed by atoms with Crippen molar-refractivity contribution in [2.45, 2.75) is 51.2 Å². The van der Waals surface area contributed by atoms with Gasteiger partial charge in [-0.05, 0) is 31.4 Å². The topological polar surface area (TPSA) is 29.3 Å². The van der Waals surface area contributed by atoms with E-state index in [1.54, 1.807) is 0 Å². The lowest BCUT2D eigenvalue weighted by Crippen LogP contribution is -2.43. The molecular weight excluding hydrogens is 208 g/mol. The molecule has 94 valence electrons. The smallest absolute Gasteiger partial charge is 0.0453 e. The zero-order chi connectivity index (χ0) is 12.3. The molecule has 0 bridgehead atoms. The van der Waals surface area contributed by atoms with Gasteiger partial charge in [0.15, 0.2) is 0 Å². The molecule has 1 aromatic rings. The number of hydrogen-bond acceptors (Lipinski definition) is 2. The Morgan fingerprint density at radius 1 is 1.24 bits per heavy atom. The summed E-state index contributed by atoms with van der Waals surface area (Å²) >= 11 is 0. The molecule has 17 heavy (non-hydrogen) atoms. The van der Waals surface area contributed by atoms with Gasteiger partial charge in [-0.1, -0.05) is 44.2 Å². The summed E-state index contributed by atoms with van der Waals surface area (Å²) in [7, 11) is 0. The van der Waals surface area contributed by atoms with Gasteiger partial charge in [0.05, 0.1) is 0 Å². The molecule has 2 unspecified atom stereocenters. The fraction of sp³-hybridized carbons (Fsp3) is 0.600. The monoisotopic (exact) mass is 232 g/mol. The maximum atomic E-state index is 6.45. The first-order valence-electron chi connectivity index (χ1n) is 6.84. The van der Waals surface area contributed by atoms with E-state index in [2.05, 4.69) is 49.1 Å². The van der Waals surface area contributed by atoms with E-state index in [9.17, 15) is 0 Å². The van der Waals surface area contributed by atoms with Gasteiger partial charge < -0.3 is 5.73 Å². The quantitative estimate of drug-likeness (QED) is 0.817. The minimum absolute atomic E-state index is 0.141. The highest BCUT2D eigenvalue weighted by molar-refractivity contribution is 5.20. The molecule has 0 heterocycles. The first-order chi connectivity index (χ1) is 8.27. The van der Waals surface area contributed by atoms with Crippen LogP contribution < -0.4 is 5.73 Å². The van der Waals surface area contributed by atoms with E-state index < -0.39 is 0 Å². The summed E-state index contributed by atoms with van der Waals surface area (Å²) in [5.41, 5.74) is 7.71. The van der Waals surface area contributed by atoms with Crippen molar-refractivity contribution in [3.8, 4) is 0 Å². The maximum absolute atomic E-state index is 6.45. The van der Waals surface area contributed by atoms with Crippen molar-refractivity contribution in [2.75, 3.05) is 6.54 Å². The van der Waals surface area contributed by atoms with Crippen molar-refractivity contribution in [1.29, 1.82) is 0 Å². The zero-order valence-electron chi connectivity index (χ0n) is 11.0. The van der Waals surface area contributed by atoms with Gasteiger partial charge in [0.1, 0.15) is 0 Å². The molecule has 2 heteroatoms. The van der Waals surface area contributed by atoms with Crippen LogP contribution in [0.15, 0.2) is 30.3 Å². The van der Waals surface area contributed by atoms with Crippen molar-refractivity contribution < 1.29 is 0 Å². The van der Waals surface area contributed by atoms with Crippen molar-refractivity contribution in [3.05, 3.63) is 35.9 Å². The molecule has 0 saturated heterocycles. The summed E-state index contributed by atoms with van der Waals surface area (Å²) in [6.45, 7) is 5.61. The Bertz CT molecular complexity index is 332. The molecular formula is C15H24N2. The van der Waals surface area contributed by atoms with Crippen LogP contribution in [0.3, 0.4) is 0 Å². The number of nitrogens with zero attached hydrogens (tertiary/aromatic N) is 1. The Kier molecular flexibility index (Phi) is 4.19. The Hall–Kier alpha value is -0.860. The van der Waals surface area contributed by atoms with E-state index in [-0.39, 0.29) is 6.04 Å². The van der Waals surface area contributed by atoms with E-state index in [1.165, 1.54) is 18.4 Å². The van der Waals surface area contributed by atoms with Gasteiger partial charge in [0.25, 0.3) is 0 Å². The fourth-order valence-electron chi connectivity index (χ4n) is 2.76. The highest BCUT2D eigenvalue weighted by Gasteiger charge is 2.34. The fourth-order valence-corrected chi connectivity index (χ4v) is 2.76. The van der Waals surface area contributed by atoms with Gasteiger partial charge in [-0.2, -0.15) is 0 Å². The standard InChI is InChI=1S/C15H24N2/c1-3-14(17(4-2)13-10-11-13)15(16)12-8-6-5-7-9-12/h5-9,13-15H,3-4,10-11,16H2,1-2H3. The molecule has 1 aromatic carbocycles. The van der Waals surface area contributed by atoms with Gasteiger partial charge >= 0.3 is 0 Å². The normalized spacial score (nSPS) is 19.3. The maximum Gasteiger partial charge on any atom is 0.0453 e. The summed E-state index contributed by atoms with van der Waals surface area (Å²) in [6.07, 6.45) is 3.83. The second kappa shape index (κ2) is 5.65. The van der Waals surface area contributed by atoms with Crippen LogP contribution in [-0.2, 0) is 0 Å². The molecule has 2 rings (SSSR count). The molecule has 0 radical (unpaired) electrons. The molecule has 2 nitrogen and oxygen atoms in total. The molecule has 0 amide bonds. The summed E-state index contributed by atoms with van der Waals surface area (Å²) in [5.74, 6) is 0. The van der Waals surface area contributed by atoms with Gasteiger partial charge in [-0.25, -0.2) is 0 Å². The number of rotatable bonds is 6. The number of hydrogen-bond donors (Lipinski definition) is 1. The lowest BCUT2D eigenvalue weighted by atomic mass is 9.96. The van der Waals surface area contributed by atoms with Crippen LogP contribution >= 0.6 is 0 Å². The van der Waals surface area contributed by atoms with Crippen LogP contribution in [0, 0.1) is 0 Å². The van der Waals surface area contributed by atoms with E-state index in [0.29, 0.717) is 6.04 Å². The molecule has 1 fully saturated rings. The Morgan fingerprint density at radius 2 is 1.88 bits per heavy atom. The van der Waals surface area contributed by atoms with Gasteiger partial charge in [-0.3, -0.25) is 4.90 Å². The first kappa shape index (κ1) is 12.6. The minimum Gasteiger partial charge on any atom is -0.323 e. The average Bonchev–Trinajstić information content (AvgIpc) is 3.20. The third-order valence-electron chi connectivity index (χ3n) is 3.82. The highest BCUT2D eigenvalue weighted by atomic mass is 15.2. The van der Waals surface area contributed by atoms with Crippen molar-refractivity contribution in [3.63, 3.8) is 0 Å². The van der Waals surface area contributed by atoms with Gasteiger partial charge in [-0.15, -0.1) is 0 Å². The van der Waals surface area contributed by atoms with E-state index in [1.807, 2.05) is 0 Å². The molecule has 0 aromatic heterocycles. The number of likely N-dealkylation sites (N-methyl/N-ethyl adjacent to an activating group) is 1. The van der Waals surface area contributed by atoms with Crippen LogP contribution in [0.5, 0.6) is 0 Å². The minimum atomic E-state index is 0.141. The zero-order valence-corrected chi connectivity index (χ0v) is 11.0. The predicted molar refractivity (Wildman–Crippen MR) is 72.9 cm³/mol. The van der Waals surface area contributed by atoms with E-state index in [0.717, 1.165) is 19.0 Å². The van der Waals surface area contributed by atoms with Crippen LogP contribution in [-0.4, -0.2) is 23.5 Å². The lowest BCUT2D eigenvalue weighted by molar-refractivity contribution is 0.165. The second-order valence-corrected chi connectivity index (χ2v) is 4.97. The van der Waals surface area contributed by atoms with Crippen molar-refractivity contribution in [2.24, 2.45) is 5.73 Å². The Morgan fingerprint density at radius 3 is 2.35 bits per heavy atom. The van der Waals surface area contributed by atoms with E-state index >= 15 is 0 Å².